The van der Waals surface area contributed by atoms with Crippen LogP contribution in [0.5, 0.6) is 5.75 Å². The van der Waals surface area contributed by atoms with Crippen LogP contribution in [-0.2, 0) is 37.8 Å². The van der Waals surface area contributed by atoms with Gasteiger partial charge in [-0.1, -0.05) is 30.0 Å². The third kappa shape index (κ3) is 9.53. The molecule has 4 aromatic rings. The van der Waals surface area contributed by atoms with Crippen LogP contribution in [0.1, 0.15) is 86.3 Å². The van der Waals surface area contributed by atoms with Gasteiger partial charge in [-0.3, -0.25) is 14.9 Å². The molecule has 2 N–H and O–H groups in total. The van der Waals surface area contributed by atoms with Gasteiger partial charge in [-0.25, -0.2) is 17.9 Å². The highest BCUT2D eigenvalue weighted by Crippen LogP contribution is 2.30. The summed E-state index contributed by atoms with van der Waals surface area (Å²) in [5, 5.41) is 3.78. The number of aryl methyl sites for hydroxylation is 1. The van der Waals surface area contributed by atoms with Crippen molar-refractivity contribution in [2.45, 2.75) is 76.7 Å². The highest BCUT2D eigenvalue weighted by atomic mass is 32.2. The first kappa shape index (κ1) is 38.0. The van der Waals surface area contributed by atoms with Gasteiger partial charge in [0.2, 0.25) is 0 Å². The molecule has 12 heteroatoms. The number of anilines is 1. The zero-order chi connectivity index (χ0) is 37.5. The Balaban J connectivity index is 1.26. The second-order valence-electron chi connectivity index (χ2n) is 13.9. The summed E-state index contributed by atoms with van der Waals surface area (Å²) in [5.41, 5.74) is 3.08. The van der Waals surface area contributed by atoms with Gasteiger partial charge < -0.3 is 18.8 Å². The molecule has 11 nitrogen and oxygen atoms in total. The van der Waals surface area contributed by atoms with Crippen molar-refractivity contribution in [3.8, 4) is 17.6 Å². The second kappa shape index (κ2) is 16.4. The lowest BCUT2D eigenvalue weighted by Gasteiger charge is -2.15. The Morgan fingerprint density at radius 1 is 0.981 bits per heavy atom. The minimum atomic E-state index is -4.29. The van der Waals surface area contributed by atoms with Crippen LogP contribution in [0.2, 0.25) is 0 Å². The minimum absolute atomic E-state index is 0.0428. The number of benzene rings is 3. The van der Waals surface area contributed by atoms with Crippen molar-refractivity contribution in [2.75, 3.05) is 19.0 Å². The third-order valence-electron chi connectivity index (χ3n) is 8.74. The van der Waals surface area contributed by atoms with Crippen molar-refractivity contribution in [1.29, 1.82) is 0 Å². The normalized spacial score (nSPS) is 13.2. The molecule has 1 fully saturated rings. The monoisotopic (exact) mass is 727 g/mol. The van der Waals surface area contributed by atoms with E-state index in [9.17, 15) is 22.8 Å². The number of ether oxygens (including phenoxy) is 3. The molecule has 0 bridgehead atoms. The number of unbranched alkanes of at least 4 members (excludes halogenated alkanes) is 1. The molecular weight excluding hydrogens is 683 g/mol. The van der Waals surface area contributed by atoms with E-state index in [2.05, 4.69) is 21.9 Å². The Bertz CT molecular complexity index is 2130. The molecule has 52 heavy (non-hydrogen) atoms. The SMILES string of the molecule is COc1cc(C(=O)NS(=O)(=O)c2ccccc2C#CCCCOC(=O)C(C)(C)C)ccc1Cc1cn(C)c2ccc(NC(=O)OC3CCCC3)cc12. The van der Waals surface area contributed by atoms with E-state index in [1.165, 1.54) is 19.2 Å². The van der Waals surface area contributed by atoms with Crippen molar-refractivity contribution in [2.24, 2.45) is 12.5 Å². The van der Waals surface area contributed by atoms with Gasteiger partial charge in [0.05, 0.1) is 19.1 Å². The maximum absolute atomic E-state index is 13.4. The fraction of sp³-hybridized carbons (Fsp3) is 0.375. The first-order valence-corrected chi connectivity index (χ1v) is 18.8. The van der Waals surface area contributed by atoms with Crippen molar-refractivity contribution in [1.82, 2.24) is 9.29 Å². The maximum atomic E-state index is 13.4. The van der Waals surface area contributed by atoms with E-state index in [1.807, 2.05) is 36.0 Å². The maximum Gasteiger partial charge on any atom is 0.411 e. The number of sulfonamides is 1. The van der Waals surface area contributed by atoms with Crippen LogP contribution in [-0.4, -0.2) is 50.8 Å². The predicted molar refractivity (Wildman–Crippen MR) is 199 cm³/mol. The van der Waals surface area contributed by atoms with E-state index in [0.717, 1.165) is 47.7 Å². The van der Waals surface area contributed by atoms with E-state index in [0.29, 0.717) is 30.7 Å². The summed E-state index contributed by atoms with van der Waals surface area (Å²) in [4.78, 5) is 37.6. The van der Waals surface area contributed by atoms with Gasteiger partial charge >= 0.3 is 12.1 Å². The number of amides is 2. The molecule has 2 amide bonds. The molecule has 0 aliphatic heterocycles. The molecule has 1 aliphatic carbocycles. The van der Waals surface area contributed by atoms with E-state index in [1.54, 1.807) is 51.1 Å². The topological polar surface area (TPSA) is 142 Å². The van der Waals surface area contributed by atoms with Crippen LogP contribution >= 0.6 is 0 Å². The Hall–Kier alpha value is -5.28. The number of hydrogen-bond donors (Lipinski definition) is 2. The molecule has 274 valence electrons. The second-order valence-corrected chi connectivity index (χ2v) is 15.5. The fourth-order valence-electron chi connectivity index (χ4n) is 5.97. The van der Waals surface area contributed by atoms with E-state index < -0.39 is 27.4 Å². The van der Waals surface area contributed by atoms with Crippen molar-refractivity contribution < 1.29 is 37.0 Å². The van der Waals surface area contributed by atoms with Gasteiger partial charge in [-0.15, -0.1) is 0 Å². The van der Waals surface area contributed by atoms with Crippen LogP contribution in [0.3, 0.4) is 0 Å². The van der Waals surface area contributed by atoms with Gasteiger partial charge in [-0.05, 0) is 106 Å². The lowest BCUT2D eigenvalue weighted by atomic mass is 9.97. The number of hydrogen-bond acceptors (Lipinski definition) is 8. The third-order valence-corrected chi connectivity index (χ3v) is 10.1. The average Bonchev–Trinajstić information content (AvgIpc) is 3.72. The molecule has 0 unspecified atom stereocenters. The smallest absolute Gasteiger partial charge is 0.411 e. The number of esters is 1. The first-order valence-electron chi connectivity index (χ1n) is 17.3. The van der Waals surface area contributed by atoms with Crippen LogP contribution in [0.25, 0.3) is 10.9 Å². The summed E-state index contributed by atoms with van der Waals surface area (Å²) < 4.78 is 47.4. The van der Waals surface area contributed by atoms with Gasteiger partial charge in [0.25, 0.3) is 15.9 Å². The molecule has 1 aromatic heterocycles. The van der Waals surface area contributed by atoms with E-state index in [-0.39, 0.29) is 34.7 Å². The Labute approximate surface area is 305 Å². The largest absolute Gasteiger partial charge is 0.496 e. The quantitative estimate of drug-likeness (QED) is 0.0946. The molecule has 1 aliphatic rings. The minimum Gasteiger partial charge on any atom is -0.496 e. The van der Waals surface area contributed by atoms with Crippen LogP contribution < -0.4 is 14.8 Å². The fourth-order valence-corrected chi connectivity index (χ4v) is 7.11. The summed E-state index contributed by atoms with van der Waals surface area (Å²) in [7, 11) is -0.859. The Morgan fingerprint density at radius 2 is 1.73 bits per heavy atom. The van der Waals surface area contributed by atoms with Gasteiger partial charge in [0.1, 0.15) is 16.7 Å². The highest BCUT2D eigenvalue weighted by Gasteiger charge is 2.24. The summed E-state index contributed by atoms with van der Waals surface area (Å²) in [6.07, 6.45) is 6.72. The zero-order valence-corrected chi connectivity index (χ0v) is 31.0. The van der Waals surface area contributed by atoms with Crippen molar-refractivity contribution >= 4 is 44.6 Å². The number of nitrogens with zero attached hydrogens (tertiary/aromatic N) is 1. The first-order chi connectivity index (χ1) is 24.7. The number of fused-ring (bicyclic) bond motifs is 1. The molecular formula is C40H45N3O8S. The summed E-state index contributed by atoms with van der Waals surface area (Å²) in [6.45, 7) is 5.54. The molecule has 5 rings (SSSR count). The summed E-state index contributed by atoms with van der Waals surface area (Å²) >= 11 is 0. The number of carbonyl (C=O) groups excluding carboxylic acids is 3. The number of nitrogens with one attached hydrogen (secondary N) is 2. The van der Waals surface area contributed by atoms with Crippen molar-refractivity contribution in [3.63, 3.8) is 0 Å². The summed E-state index contributed by atoms with van der Waals surface area (Å²) in [6, 6.07) is 16.7. The number of methoxy groups -OCH3 is 1. The van der Waals surface area contributed by atoms with Crippen LogP contribution in [0, 0.1) is 17.3 Å². The number of aromatic nitrogens is 1. The predicted octanol–water partition coefficient (Wildman–Crippen LogP) is 7.11. The van der Waals surface area contributed by atoms with Gasteiger partial charge in [0, 0.05) is 53.8 Å². The van der Waals surface area contributed by atoms with E-state index in [4.69, 9.17) is 14.2 Å². The van der Waals surface area contributed by atoms with Crippen LogP contribution in [0.15, 0.2) is 71.8 Å². The van der Waals surface area contributed by atoms with Gasteiger partial charge in [-0.2, -0.15) is 0 Å². The van der Waals surface area contributed by atoms with Crippen LogP contribution in [0.4, 0.5) is 10.5 Å². The molecule has 0 atom stereocenters. The lowest BCUT2D eigenvalue weighted by molar-refractivity contribution is -0.153. The van der Waals surface area contributed by atoms with E-state index >= 15 is 0 Å². The molecule has 3 aromatic carbocycles. The standard InChI is InChI=1S/C40H45N3O8S/c1-40(2,3)38(45)50-22-12-6-7-13-27-14-8-11-17-36(27)52(47,48)42-37(44)29-19-18-28(35(24-29)49-5)23-30-26-43(4)34-21-20-31(25-33(30)34)41-39(46)51-32-15-9-10-16-32/h8,11,14,17-21,24-26,32H,6,9-10,12,15-16,22-23H2,1-5H3,(H,41,46)(H,42,44). The average molecular weight is 728 g/mol. The molecule has 0 saturated heterocycles. The molecule has 1 saturated carbocycles. The summed E-state index contributed by atoms with van der Waals surface area (Å²) in [5.74, 6) is 5.09. The van der Waals surface area contributed by atoms with Crippen molar-refractivity contribution in [3.05, 3.63) is 89.1 Å². The van der Waals surface area contributed by atoms with Gasteiger partial charge in [0.15, 0.2) is 0 Å². The number of carbonyl (C=O) groups is 3. The Kier molecular flexibility index (Phi) is 12.0. The molecule has 0 spiro atoms. The number of rotatable bonds is 11. The highest BCUT2D eigenvalue weighted by molar-refractivity contribution is 7.90. The molecule has 0 radical (unpaired) electrons. The zero-order valence-electron chi connectivity index (χ0n) is 30.2. The Morgan fingerprint density at radius 3 is 2.46 bits per heavy atom. The lowest BCUT2D eigenvalue weighted by Crippen LogP contribution is -2.31. The molecule has 1 heterocycles.